The normalized spacial score (nSPS) is 16.8. The molecule has 224 valence electrons. The molecule has 0 aliphatic heterocycles. The van der Waals surface area contributed by atoms with Gasteiger partial charge < -0.3 is 10.0 Å². The van der Waals surface area contributed by atoms with Crippen molar-refractivity contribution < 1.29 is 9.90 Å². The van der Waals surface area contributed by atoms with E-state index >= 15 is 0 Å². The molecule has 2 unspecified atom stereocenters. The lowest BCUT2D eigenvalue weighted by Crippen LogP contribution is -2.39. The van der Waals surface area contributed by atoms with E-state index in [1.807, 2.05) is 18.2 Å². The van der Waals surface area contributed by atoms with Crippen molar-refractivity contribution in [3.05, 3.63) is 131 Å². The minimum atomic E-state index is -1.21. The largest absolute Gasteiger partial charge is 0.477 e. The molecule has 0 bridgehead atoms. The molecule has 1 aliphatic carbocycles. The maximum Gasteiger partial charge on any atom is 0.346 e. The number of fused-ring (bicyclic) bond motifs is 4. The Balaban J connectivity index is 1.60. The lowest BCUT2D eigenvalue weighted by Gasteiger charge is -2.43. The molecule has 1 N–H and O–H groups in total. The van der Waals surface area contributed by atoms with Gasteiger partial charge in [0.05, 0.1) is 0 Å². The van der Waals surface area contributed by atoms with Crippen LogP contribution in [0.3, 0.4) is 0 Å². The number of benzene rings is 5. The Bertz CT molecular complexity index is 1960. The quantitative estimate of drug-likeness (QED) is 0.137. The van der Waals surface area contributed by atoms with E-state index in [4.69, 9.17) is 0 Å². The molecular weight excluding hydrogens is 552 g/mol. The molecule has 1 aliphatic rings. The summed E-state index contributed by atoms with van der Waals surface area (Å²) in [6.07, 6.45) is 3.46. The average molecular weight is 591 g/mol. The molecule has 4 heteroatoms. The molecule has 4 nitrogen and oxygen atoms in total. The molecule has 0 amide bonds. The maximum absolute atomic E-state index is 11.7. The summed E-state index contributed by atoms with van der Waals surface area (Å²) in [5.74, 6) is -0.596. The van der Waals surface area contributed by atoms with E-state index in [0.29, 0.717) is 11.8 Å². The predicted octanol–water partition coefficient (Wildman–Crippen LogP) is 10.7. The maximum atomic E-state index is 11.7. The van der Waals surface area contributed by atoms with Crippen LogP contribution in [-0.4, -0.2) is 11.1 Å². The van der Waals surface area contributed by atoms with Crippen molar-refractivity contribution in [2.45, 2.75) is 46.0 Å². The van der Waals surface area contributed by atoms with Crippen molar-refractivity contribution in [3.8, 4) is 17.2 Å². The van der Waals surface area contributed by atoms with Gasteiger partial charge in [0, 0.05) is 22.5 Å². The van der Waals surface area contributed by atoms with Gasteiger partial charge in [0.15, 0.2) is 0 Å². The van der Waals surface area contributed by atoms with Crippen molar-refractivity contribution in [1.29, 1.82) is 5.26 Å². The summed E-state index contributed by atoms with van der Waals surface area (Å²) in [5, 5.41) is 21.4. The van der Waals surface area contributed by atoms with Crippen molar-refractivity contribution in [2.75, 3.05) is 4.90 Å². The minimum absolute atomic E-state index is 0.265. The smallest absolute Gasteiger partial charge is 0.346 e. The lowest BCUT2D eigenvalue weighted by atomic mass is 9.60. The monoisotopic (exact) mass is 590 g/mol. The van der Waals surface area contributed by atoms with Crippen molar-refractivity contribution in [1.82, 2.24) is 0 Å². The van der Waals surface area contributed by atoms with Gasteiger partial charge in [0.25, 0.3) is 0 Å². The van der Waals surface area contributed by atoms with Gasteiger partial charge in [-0.25, -0.2) is 4.79 Å². The number of rotatable bonds is 9. The van der Waals surface area contributed by atoms with Crippen LogP contribution in [0.2, 0.25) is 0 Å². The minimum Gasteiger partial charge on any atom is -0.477 e. The van der Waals surface area contributed by atoms with E-state index in [1.165, 1.54) is 39.1 Å². The summed E-state index contributed by atoms with van der Waals surface area (Å²) in [6, 6.07) is 40.5. The highest BCUT2D eigenvalue weighted by molar-refractivity contribution is 5.97. The van der Waals surface area contributed by atoms with Crippen LogP contribution in [0.25, 0.3) is 28.0 Å². The Morgan fingerprint density at radius 1 is 0.756 bits per heavy atom. The van der Waals surface area contributed by atoms with Gasteiger partial charge in [-0.2, -0.15) is 5.26 Å². The highest BCUT2D eigenvalue weighted by Crippen LogP contribution is 2.59. The van der Waals surface area contributed by atoms with Gasteiger partial charge in [-0.1, -0.05) is 113 Å². The van der Waals surface area contributed by atoms with Crippen LogP contribution in [0.4, 0.5) is 17.1 Å². The number of hydrogen-bond acceptors (Lipinski definition) is 3. The van der Waals surface area contributed by atoms with Gasteiger partial charge in [0.1, 0.15) is 11.6 Å². The third kappa shape index (κ3) is 4.99. The number of carboxylic acid groups (broad SMARTS) is 1. The first-order chi connectivity index (χ1) is 21.8. The van der Waals surface area contributed by atoms with E-state index in [-0.39, 0.29) is 11.0 Å². The van der Waals surface area contributed by atoms with Crippen molar-refractivity contribution in [2.24, 2.45) is 11.8 Å². The fourth-order valence-corrected chi connectivity index (χ4v) is 7.46. The fraction of sp³-hybridized carbons (Fsp3) is 0.220. The molecule has 0 saturated carbocycles. The first-order valence-corrected chi connectivity index (χ1v) is 15.8. The predicted molar refractivity (Wildman–Crippen MR) is 185 cm³/mol. The number of hydrogen-bond donors (Lipinski definition) is 1. The molecule has 45 heavy (non-hydrogen) atoms. The first kappa shape index (κ1) is 29.9. The Kier molecular flexibility index (Phi) is 8.04. The zero-order valence-electron chi connectivity index (χ0n) is 26.3. The molecule has 2 atom stereocenters. The van der Waals surface area contributed by atoms with Crippen LogP contribution in [0.1, 0.15) is 57.2 Å². The van der Waals surface area contributed by atoms with Gasteiger partial charge >= 0.3 is 5.97 Å². The number of anilines is 3. The second-order valence-electron chi connectivity index (χ2n) is 12.2. The van der Waals surface area contributed by atoms with Crippen LogP contribution < -0.4 is 4.90 Å². The molecule has 0 aromatic heterocycles. The third-order valence-electron chi connectivity index (χ3n) is 9.93. The van der Waals surface area contributed by atoms with E-state index in [0.717, 1.165) is 35.5 Å². The van der Waals surface area contributed by atoms with Gasteiger partial charge in [-0.05, 0) is 92.9 Å². The number of aliphatic carboxylic acids is 1. The van der Waals surface area contributed by atoms with Crippen LogP contribution in [0, 0.1) is 23.2 Å². The van der Waals surface area contributed by atoms with Crippen molar-refractivity contribution >= 4 is 39.9 Å². The number of nitriles is 1. The van der Waals surface area contributed by atoms with E-state index < -0.39 is 5.97 Å². The second-order valence-corrected chi connectivity index (χ2v) is 12.2. The first-order valence-electron chi connectivity index (χ1n) is 15.8. The topological polar surface area (TPSA) is 64.3 Å². The molecule has 5 aromatic rings. The van der Waals surface area contributed by atoms with E-state index in [9.17, 15) is 15.2 Å². The number of para-hydroxylation sites is 1. The highest BCUT2D eigenvalue weighted by atomic mass is 16.4. The zero-order valence-corrected chi connectivity index (χ0v) is 26.3. The molecule has 0 heterocycles. The second kappa shape index (κ2) is 12.1. The summed E-state index contributed by atoms with van der Waals surface area (Å²) in [4.78, 5) is 14.0. The average Bonchev–Trinajstić information content (AvgIpc) is 3.36. The molecular formula is C41H38N2O2. The molecule has 0 spiro atoms. The third-order valence-corrected chi connectivity index (χ3v) is 9.93. The van der Waals surface area contributed by atoms with Crippen LogP contribution >= 0.6 is 0 Å². The lowest BCUT2D eigenvalue weighted by molar-refractivity contribution is -0.132. The van der Waals surface area contributed by atoms with Gasteiger partial charge in [0.2, 0.25) is 0 Å². The van der Waals surface area contributed by atoms with Gasteiger partial charge in [-0.15, -0.1) is 0 Å². The molecule has 6 rings (SSSR count). The highest BCUT2D eigenvalue weighted by Gasteiger charge is 2.49. The Morgan fingerprint density at radius 2 is 1.33 bits per heavy atom. The molecule has 5 aromatic carbocycles. The van der Waals surface area contributed by atoms with E-state index in [1.54, 1.807) is 0 Å². The summed E-state index contributed by atoms with van der Waals surface area (Å²) in [6.45, 7) is 9.19. The van der Waals surface area contributed by atoms with Crippen molar-refractivity contribution in [3.63, 3.8) is 0 Å². The Labute approximate surface area is 265 Å². The standard InChI is InChI=1S/C41H38N2O2/c1-5-27(3)41(28(4)6-2)38-23-29(22-32(26-42)40(44)45)16-20-36(38)37-21-19-35(25-39(37)41)43(33-14-8-7-9-15-33)34-18-17-30-12-10-11-13-31(30)24-34/h7-25,27-28H,5-6H2,1-4H3,(H,44,45)/b32-22+. The van der Waals surface area contributed by atoms with Crippen LogP contribution in [0.15, 0.2) is 115 Å². The Hall–Kier alpha value is -5.14. The molecule has 0 fully saturated rings. The SMILES string of the molecule is CCC(C)C1(C(C)CC)c2cc(/C=C(\C#N)C(=O)O)ccc2-c2ccc(N(c3ccccc3)c3ccc4ccccc4c3)cc21. The summed E-state index contributed by atoms with van der Waals surface area (Å²) in [5.41, 5.74) is 8.37. The Morgan fingerprint density at radius 3 is 1.98 bits per heavy atom. The molecule has 0 saturated heterocycles. The number of nitrogens with zero attached hydrogens (tertiary/aromatic N) is 2. The fourth-order valence-electron chi connectivity index (χ4n) is 7.46. The zero-order chi connectivity index (χ0) is 31.7. The summed E-state index contributed by atoms with van der Waals surface area (Å²) in [7, 11) is 0. The van der Waals surface area contributed by atoms with Crippen LogP contribution in [0.5, 0.6) is 0 Å². The molecule has 0 radical (unpaired) electrons. The summed E-state index contributed by atoms with van der Waals surface area (Å²) >= 11 is 0. The summed E-state index contributed by atoms with van der Waals surface area (Å²) < 4.78 is 0. The number of carbonyl (C=O) groups is 1. The number of carboxylic acids is 1. The van der Waals surface area contributed by atoms with Crippen LogP contribution in [-0.2, 0) is 10.2 Å². The van der Waals surface area contributed by atoms with E-state index in [2.05, 4.69) is 130 Å². The van der Waals surface area contributed by atoms with Gasteiger partial charge in [-0.3, -0.25) is 0 Å².